The van der Waals surface area contributed by atoms with Crippen molar-refractivity contribution in [3.8, 4) is 0 Å². The maximum atomic E-state index is 9.37. The molecule has 0 bridgehead atoms. The van der Waals surface area contributed by atoms with Crippen LogP contribution in [0, 0.1) is 0 Å². The van der Waals surface area contributed by atoms with Crippen molar-refractivity contribution in [2.75, 3.05) is 26.3 Å². The normalized spacial score (nSPS) is 15.2. The lowest BCUT2D eigenvalue weighted by Crippen LogP contribution is -2.22. The summed E-state index contributed by atoms with van der Waals surface area (Å²) < 4.78 is 0. The molecule has 0 unspecified atom stereocenters. The number of carboxylic acids is 1. The van der Waals surface area contributed by atoms with E-state index in [1.54, 1.807) is 6.92 Å². The van der Waals surface area contributed by atoms with Gasteiger partial charge in [0.25, 0.3) is 0 Å². The quantitative estimate of drug-likeness (QED) is 0.657. The highest BCUT2D eigenvalue weighted by molar-refractivity contribution is 5.66. The van der Waals surface area contributed by atoms with Gasteiger partial charge in [-0.2, -0.15) is 0 Å². The maximum absolute atomic E-state index is 9.37. The topological polar surface area (TPSA) is 52.6 Å². The summed E-state index contributed by atoms with van der Waals surface area (Å²) in [7, 11) is 0. The van der Waals surface area contributed by atoms with Gasteiger partial charge < -0.3 is 10.4 Å². The minimum Gasteiger partial charge on any atom is -0.481 e. The summed E-state index contributed by atoms with van der Waals surface area (Å²) in [6.07, 6.45) is 8.70. The van der Waals surface area contributed by atoms with Crippen molar-refractivity contribution < 1.29 is 9.90 Å². The molecule has 0 aromatic rings. The van der Waals surface area contributed by atoms with Crippen LogP contribution in [0.25, 0.3) is 0 Å². The van der Waals surface area contributed by atoms with Crippen molar-refractivity contribution >= 4 is 5.97 Å². The summed E-state index contributed by atoms with van der Waals surface area (Å²) in [5, 5.41) is 11.1. The number of carbonyl (C=O) groups is 1. The van der Waals surface area contributed by atoms with Gasteiger partial charge in [-0.1, -0.05) is 46.0 Å². The average Bonchev–Trinajstić information content (AvgIpc) is 2.87. The van der Waals surface area contributed by atoms with E-state index in [1.165, 1.54) is 58.2 Å². The van der Waals surface area contributed by atoms with E-state index in [-0.39, 0.29) is 6.42 Å². The summed E-state index contributed by atoms with van der Waals surface area (Å²) in [6.45, 7) is 8.75. The fourth-order valence-corrected chi connectivity index (χ4v) is 1.86. The number of unbranched alkanes of at least 4 members (excludes halogenated alkanes) is 5. The summed E-state index contributed by atoms with van der Waals surface area (Å²) in [6, 6.07) is 0. The van der Waals surface area contributed by atoms with E-state index < -0.39 is 5.97 Å². The van der Waals surface area contributed by atoms with E-state index in [0.29, 0.717) is 0 Å². The molecule has 0 amide bonds. The molecule has 0 aromatic heterocycles. The SMILES string of the molecule is CCC(=O)O.CCCCCCCCN1CCNC1. The van der Waals surface area contributed by atoms with E-state index >= 15 is 0 Å². The zero-order chi connectivity index (χ0) is 13.6. The Kier molecular flexibility index (Phi) is 12.4. The second kappa shape index (κ2) is 12.8. The van der Waals surface area contributed by atoms with Crippen LogP contribution in [0.3, 0.4) is 0 Å². The third kappa shape index (κ3) is 11.9. The molecule has 1 fully saturated rings. The van der Waals surface area contributed by atoms with Crippen molar-refractivity contribution in [3.63, 3.8) is 0 Å². The average molecular weight is 258 g/mol. The molecule has 4 nitrogen and oxygen atoms in total. The van der Waals surface area contributed by atoms with Crippen LogP contribution >= 0.6 is 0 Å². The molecule has 2 N–H and O–H groups in total. The first-order valence-electron chi connectivity index (χ1n) is 7.35. The molecule has 0 atom stereocenters. The third-order valence-electron chi connectivity index (χ3n) is 3.07. The van der Waals surface area contributed by atoms with Gasteiger partial charge in [0.05, 0.1) is 0 Å². The Morgan fingerprint density at radius 2 is 1.78 bits per heavy atom. The van der Waals surface area contributed by atoms with Crippen LogP contribution in [-0.2, 0) is 4.79 Å². The molecular formula is C14H30N2O2. The highest BCUT2D eigenvalue weighted by Gasteiger charge is 2.08. The van der Waals surface area contributed by atoms with Gasteiger partial charge in [0.2, 0.25) is 0 Å². The van der Waals surface area contributed by atoms with Crippen LogP contribution < -0.4 is 5.32 Å². The molecule has 1 aliphatic heterocycles. The molecular weight excluding hydrogens is 228 g/mol. The molecule has 1 heterocycles. The smallest absolute Gasteiger partial charge is 0.303 e. The van der Waals surface area contributed by atoms with Crippen LogP contribution in [0.15, 0.2) is 0 Å². The monoisotopic (exact) mass is 258 g/mol. The van der Waals surface area contributed by atoms with Crippen LogP contribution in [0.5, 0.6) is 0 Å². The van der Waals surface area contributed by atoms with E-state index in [4.69, 9.17) is 5.11 Å². The number of hydrogen-bond acceptors (Lipinski definition) is 3. The van der Waals surface area contributed by atoms with Gasteiger partial charge >= 0.3 is 5.97 Å². The van der Waals surface area contributed by atoms with E-state index in [1.807, 2.05) is 0 Å². The van der Waals surface area contributed by atoms with Gasteiger partial charge in [0.15, 0.2) is 0 Å². The van der Waals surface area contributed by atoms with E-state index in [2.05, 4.69) is 17.1 Å². The third-order valence-corrected chi connectivity index (χ3v) is 3.07. The first-order valence-corrected chi connectivity index (χ1v) is 7.35. The Hall–Kier alpha value is -0.610. The summed E-state index contributed by atoms with van der Waals surface area (Å²) in [4.78, 5) is 11.9. The number of nitrogens with zero attached hydrogens (tertiary/aromatic N) is 1. The Balaban J connectivity index is 0.000000494. The predicted molar refractivity (Wildman–Crippen MR) is 75.7 cm³/mol. The van der Waals surface area contributed by atoms with Crippen LogP contribution in [0.1, 0.15) is 58.8 Å². The van der Waals surface area contributed by atoms with Crippen molar-refractivity contribution in [1.82, 2.24) is 10.2 Å². The van der Waals surface area contributed by atoms with Gasteiger partial charge in [0, 0.05) is 26.2 Å². The summed E-state index contributed by atoms with van der Waals surface area (Å²) in [5.41, 5.74) is 0. The highest BCUT2D eigenvalue weighted by atomic mass is 16.4. The van der Waals surface area contributed by atoms with Gasteiger partial charge in [-0.15, -0.1) is 0 Å². The molecule has 108 valence electrons. The van der Waals surface area contributed by atoms with Crippen molar-refractivity contribution in [2.45, 2.75) is 58.8 Å². The summed E-state index contributed by atoms with van der Waals surface area (Å²) >= 11 is 0. The first-order chi connectivity index (χ1) is 8.70. The van der Waals surface area contributed by atoms with Crippen LogP contribution in [-0.4, -0.2) is 42.3 Å². The largest absolute Gasteiger partial charge is 0.481 e. The molecule has 0 saturated carbocycles. The van der Waals surface area contributed by atoms with E-state index in [0.717, 1.165) is 6.67 Å². The molecule has 0 aromatic carbocycles. The fraction of sp³-hybridized carbons (Fsp3) is 0.929. The molecule has 1 rings (SSSR count). The zero-order valence-electron chi connectivity index (χ0n) is 12.1. The Morgan fingerprint density at radius 3 is 2.28 bits per heavy atom. The Morgan fingerprint density at radius 1 is 1.17 bits per heavy atom. The minimum atomic E-state index is -0.745. The second-order valence-corrected chi connectivity index (χ2v) is 4.79. The van der Waals surface area contributed by atoms with Crippen molar-refractivity contribution in [1.29, 1.82) is 0 Å². The van der Waals surface area contributed by atoms with Crippen molar-refractivity contribution in [2.24, 2.45) is 0 Å². The van der Waals surface area contributed by atoms with Gasteiger partial charge in [-0.3, -0.25) is 9.69 Å². The number of hydrogen-bond donors (Lipinski definition) is 2. The lowest BCUT2D eigenvalue weighted by Gasteiger charge is -2.12. The van der Waals surface area contributed by atoms with E-state index in [9.17, 15) is 4.79 Å². The number of aliphatic carboxylic acids is 1. The van der Waals surface area contributed by atoms with Gasteiger partial charge in [-0.25, -0.2) is 0 Å². The standard InChI is InChI=1S/C11H24N2.C3H6O2/c1-2-3-4-5-6-7-9-13-10-8-12-11-13;1-2-3(4)5/h12H,2-11H2,1H3;2H2,1H3,(H,4,5). The Labute approximate surface area is 112 Å². The number of nitrogens with one attached hydrogen (secondary N) is 1. The molecule has 0 aliphatic carbocycles. The second-order valence-electron chi connectivity index (χ2n) is 4.79. The molecule has 1 saturated heterocycles. The number of rotatable bonds is 8. The lowest BCUT2D eigenvalue weighted by molar-refractivity contribution is -0.136. The molecule has 0 spiro atoms. The zero-order valence-corrected chi connectivity index (χ0v) is 12.1. The molecule has 18 heavy (non-hydrogen) atoms. The maximum Gasteiger partial charge on any atom is 0.303 e. The van der Waals surface area contributed by atoms with Crippen molar-refractivity contribution in [3.05, 3.63) is 0 Å². The Bertz CT molecular complexity index is 192. The first kappa shape index (κ1) is 17.4. The van der Waals surface area contributed by atoms with Crippen LogP contribution in [0.4, 0.5) is 0 Å². The minimum absolute atomic E-state index is 0.222. The highest BCUT2D eigenvalue weighted by Crippen LogP contribution is 2.06. The number of carboxylic acid groups (broad SMARTS) is 1. The molecule has 0 radical (unpaired) electrons. The molecule has 4 heteroatoms. The predicted octanol–water partition coefficient (Wildman–Crippen LogP) is 2.69. The van der Waals surface area contributed by atoms with Gasteiger partial charge in [-0.05, 0) is 13.0 Å². The lowest BCUT2D eigenvalue weighted by atomic mass is 10.1. The summed E-state index contributed by atoms with van der Waals surface area (Å²) in [5.74, 6) is -0.745. The molecule has 1 aliphatic rings. The fourth-order valence-electron chi connectivity index (χ4n) is 1.86. The van der Waals surface area contributed by atoms with Crippen LogP contribution in [0.2, 0.25) is 0 Å². The van der Waals surface area contributed by atoms with Gasteiger partial charge in [0.1, 0.15) is 0 Å².